The Morgan fingerprint density at radius 2 is 2.28 bits per heavy atom. The van der Waals surface area contributed by atoms with Crippen molar-refractivity contribution in [3.05, 3.63) is 71.5 Å². The van der Waals surface area contributed by atoms with E-state index in [-0.39, 0.29) is 0 Å². The van der Waals surface area contributed by atoms with Crippen LogP contribution in [-0.2, 0) is 0 Å². The van der Waals surface area contributed by atoms with E-state index in [0.717, 1.165) is 37.2 Å². The molecule has 0 aliphatic heterocycles. The highest BCUT2D eigenvalue weighted by atomic mass is 15.1. The van der Waals surface area contributed by atoms with Gasteiger partial charge in [-0.15, -0.1) is 0 Å². The monoisotopic (exact) mass is 237 g/mol. The van der Waals surface area contributed by atoms with Crippen LogP contribution in [0.3, 0.4) is 0 Å². The van der Waals surface area contributed by atoms with Gasteiger partial charge >= 0.3 is 0 Å². The van der Waals surface area contributed by atoms with E-state index in [2.05, 4.69) is 54.2 Å². The Labute approximate surface area is 109 Å². The molecule has 0 bridgehead atoms. The van der Waals surface area contributed by atoms with Gasteiger partial charge in [-0.05, 0) is 31.4 Å². The summed E-state index contributed by atoms with van der Waals surface area (Å²) < 4.78 is 0. The lowest BCUT2D eigenvalue weighted by Crippen LogP contribution is -2.24. The molecule has 92 valence electrons. The average molecular weight is 237 g/mol. The van der Waals surface area contributed by atoms with Crippen molar-refractivity contribution in [1.29, 1.82) is 0 Å². The van der Waals surface area contributed by atoms with Crippen molar-refractivity contribution in [2.75, 3.05) is 6.54 Å². The van der Waals surface area contributed by atoms with E-state index in [4.69, 9.17) is 0 Å². The van der Waals surface area contributed by atoms with E-state index in [1.165, 1.54) is 5.57 Å². The van der Waals surface area contributed by atoms with Crippen molar-refractivity contribution in [3.63, 3.8) is 0 Å². The normalized spacial score (nSPS) is 16.5. The molecule has 1 heteroatoms. The van der Waals surface area contributed by atoms with Gasteiger partial charge in [-0.1, -0.05) is 48.8 Å². The number of nitrogens with zero attached hydrogens (tertiary/aromatic N) is 1. The van der Waals surface area contributed by atoms with E-state index in [1.54, 1.807) is 0 Å². The first-order chi connectivity index (χ1) is 8.81. The fourth-order valence-corrected chi connectivity index (χ4v) is 2.07. The Balaban J connectivity index is 2.16. The van der Waals surface area contributed by atoms with Crippen molar-refractivity contribution >= 4 is 0 Å². The van der Waals surface area contributed by atoms with Gasteiger partial charge in [0.1, 0.15) is 0 Å². The molecule has 0 aromatic heterocycles. The molecule has 0 spiro atoms. The number of allylic oxidation sites excluding steroid dienone is 7. The molecule has 0 N–H and O–H groups in total. The van der Waals surface area contributed by atoms with Crippen molar-refractivity contribution in [2.45, 2.75) is 26.2 Å². The highest BCUT2D eigenvalue weighted by Crippen LogP contribution is 2.22. The molecule has 0 unspecified atom stereocenters. The predicted molar refractivity (Wildman–Crippen MR) is 76.8 cm³/mol. The topological polar surface area (TPSA) is 3.24 Å². The zero-order valence-electron chi connectivity index (χ0n) is 10.9. The van der Waals surface area contributed by atoms with Gasteiger partial charge in [-0.3, -0.25) is 0 Å². The van der Waals surface area contributed by atoms with Crippen LogP contribution in [0.5, 0.6) is 0 Å². The second kappa shape index (κ2) is 6.12. The summed E-state index contributed by atoms with van der Waals surface area (Å²) in [4.78, 5) is 2.27. The van der Waals surface area contributed by atoms with Crippen LogP contribution in [0.4, 0.5) is 0 Å². The summed E-state index contributed by atoms with van der Waals surface area (Å²) in [6.07, 6.45) is 15.8. The molecule has 0 aromatic carbocycles. The molecular weight excluding hydrogens is 218 g/mol. The van der Waals surface area contributed by atoms with Crippen molar-refractivity contribution in [1.82, 2.24) is 4.90 Å². The minimum Gasteiger partial charge on any atom is -0.341 e. The molecule has 0 fully saturated rings. The van der Waals surface area contributed by atoms with Crippen LogP contribution < -0.4 is 0 Å². The lowest BCUT2D eigenvalue weighted by molar-refractivity contribution is 0.456. The van der Waals surface area contributed by atoms with Gasteiger partial charge in [0, 0.05) is 18.3 Å². The molecule has 2 rings (SSSR count). The molecule has 0 radical (unpaired) electrons. The minimum absolute atomic E-state index is 0.925. The zero-order valence-corrected chi connectivity index (χ0v) is 10.9. The Hall–Kier alpha value is -1.94. The van der Waals surface area contributed by atoms with Crippen molar-refractivity contribution in [2.24, 2.45) is 0 Å². The van der Waals surface area contributed by atoms with E-state index in [9.17, 15) is 0 Å². The first kappa shape index (κ1) is 12.5. The summed E-state index contributed by atoms with van der Waals surface area (Å²) in [7, 11) is 0. The number of rotatable bonds is 5. The molecule has 0 saturated heterocycles. The lowest BCUT2D eigenvalue weighted by atomic mass is 10.0. The molecular formula is C17H19N. The highest BCUT2D eigenvalue weighted by Gasteiger charge is 2.13. The van der Waals surface area contributed by atoms with Gasteiger partial charge in [0.2, 0.25) is 0 Å². The molecule has 1 nitrogen and oxygen atoms in total. The van der Waals surface area contributed by atoms with Gasteiger partial charge in [0.15, 0.2) is 0 Å². The largest absolute Gasteiger partial charge is 0.341 e. The fraction of sp³-hybridized carbons (Fsp3) is 0.294. The Morgan fingerprint density at radius 1 is 1.39 bits per heavy atom. The van der Waals surface area contributed by atoms with Gasteiger partial charge in [0.25, 0.3) is 0 Å². The summed E-state index contributed by atoms with van der Waals surface area (Å²) in [6, 6.07) is 0. The van der Waals surface area contributed by atoms with E-state index in [1.807, 2.05) is 12.2 Å². The molecule has 0 heterocycles. The smallest absolute Gasteiger partial charge is 0.0502 e. The zero-order chi connectivity index (χ0) is 12.8. The van der Waals surface area contributed by atoms with Gasteiger partial charge in [0.05, 0.1) is 5.70 Å². The summed E-state index contributed by atoms with van der Waals surface area (Å²) in [6.45, 7) is 7.24. The van der Waals surface area contributed by atoms with E-state index in [0.29, 0.717) is 0 Å². The maximum absolute atomic E-state index is 4.17. The van der Waals surface area contributed by atoms with Crippen LogP contribution in [0.25, 0.3) is 0 Å². The second-order valence-electron chi connectivity index (χ2n) is 4.49. The van der Waals surface area contributed by atoms with Crippen LogP contribution in [0.2, 0.25) is 0 Å². The van der Waals surface area contributed by atoms with Crippen LogP contribution in [-0.4, -0.2) is 11.4 Å². The van der Waals surface area contributed by atoms with Gasteiger partial charge in [-0.2, -0.15) is 0 Å². The van der Waals surface area contributed by atoms with E-state index >= 15 is 0 Å². The molecule has 0 amide bonds. The Kier molecular flexibility index (Phi) is 4.25. The van der Waals surface area contributed by atoms with Crippen LogP contribution in [0, 0.1) is 0 Å². The minimum atomic E-state index is 0.925. The molecule has 18 heavy (non-hydrogen) atoms. The van der Waals surface area contributed by atoms with Gasteiger partial charge < -0.3 is 4.90 Å². The first-order valence-electron chi connectivity index (χ1n) is 6.49. The maximum Gasteiger partial charge on any atom is 0.0502 e. The first-order valence-corrected chi connectivity index (χ1v) is 6.49. The van der Waals surface area contributed by atoms with Crippen LogP contribution in [0.1, 0.15) is 26.2 Å². The molecule has 0 atom stereocenters. The molecule has 0 aromatic rings. The quantitative estimate of drug-likeness (QED) is 0.646. The van der Waals surface area contributed by atoms with Crippen molar-refractivity contribution in [3.8, 4) is 0 Å². The number of hydrogen-bond acceptors (Lipinski definition) is 1. The Bertz CT molecular complexity index is 516. The van der Waals surface area contributed by atoms with E-state index < -0.39 is 0 Å². The predicted octanol–water partition coefficient (Wildman–Crippen LogP) is 4.25. The summed E-state index contributed by atoms with van der Waals surface area (Å²) in [5.41, 5.74) is 9.71. The molecule has 2 aliphatic carbocycles. The van der Waals surface area contributed by atoms with Crippen LogP contribution in [0.15, 0.2) is 71.5 Å². The summed E-state index contributed by atoms with van der Waals surface area (Å²) in [5.74, 6) is 0. The Morgan fingerprint density at radius 3 is 2.89 bits per heavy atom. The fourth-order valence-electron chi connectivity index (χ4n) is 2.07. The third kappa shape index (κ3) is 3.05. The second-order valence-corrected chi connectivity index (χ2v) is 4.49. The third-order valence-corrected chi connectivity index (χ3v) is 3.20. The summed E-state index contributed by atoms with van der Waals surface area (Å²) >= 11 is 0. The third-order valence-electron chi connectivity index (χ3n) is 3.20. The average Bonchev–Trinajstić information content (AvgIpc) is 2.46. The molecule has 2 aliphatic rings. The highest BCUT2D eigenvalue weighted by molar-refractivity contribution is 5.31. The lowest BCUT2D eigenvalue weighted by Gasteiger charge is -2.28. The van der Waals surface area contributed by atoms with Crippen LogP contribution >= 0.6 is 0 Å². The van der Waals surface area contributed by atoms with Gasteiger partial charge in [-0.25, -0.2) is 0 Å². The van der Waals surface area contributed by atoms with Crippen molar-refractivity contribution < 1.29 is 0 Å². The maximum atomic E-state index is 4.17. The summed E-state index contributed by atoms with van der Waals surface area (Å²) in [5, 5.41) is 0. The SMILES string of the molecule is C=C(CC)N(CC1=CC=CCC1)C1=CC=C=C=C1. The standard InChI is InChI=1S/C17H19N/c1-3-15(2)18(17-12-8-5-9-13-17)14-16-10-6-4-7-11-16/h4,6,8,10,12-13H,2-3,7,11,14H2,1H3. The number of hydrogen-bond donors (Lipinski definition) is 0. The molecule has 0 saturated carbocycles.